The molecule has 0 aliphatic carbocycles. The highest BCUT2D eigenvalue weighted by Gasteiger charge is 2.30. The van der Waals surface area contributed by atoms with Crippen LogP contribution >= 0.6 is 0 Å². The van der Waals surface area contributed by atoms with Crippen molar-refractivity contribution in [1.29, 1.82) is 0 Å². The third-order valence-electron chi connectivity index (χ3n) is 3.39. The molecule has 2 rings (SSSR count). The summed E-state index contributed by atoms with van der Waals surface area (Å²) in [6.45, 7) is 8.89. The van der Waals surface area contributed by atoms with E-state index in [1.54, 1.807) is 0 Å². The van der Waals surface area contributed by atoms with Gasteiger partial charge in [0, 0.05) is 25.3 Å². The standard InChI is InChI=1S/C14H23N3/c1-11(15)9-12-5-4-7-16-13(12)17-8-6-14(2,3)10-17/h4-5,7,11H,6,8-10,15H2,1-3H3. The van der Waals surface area contributed by atoms with E-state index in [9.17, 15) is 0 Å². The lowest BCUT2D eigenvalue weighted by Crippen LogP contribution is -2.26. The first-order chi connectivity index (χ1) is 7.98. The van der Waals surface area contributed by atoms with Crippen molar-refractivity contribution in [3.05, 3.63) is 23.9 Å². The van der Waals surface area contributed by atoms with Gasteiger partial charge in [-0.15, -0.1) is 0 Å². The topological polar surface area (TPSA) is 42.1 Å². The number of nitrogens with zero attached hydrogens (tertiary/aromatic N) is 2. The maximum atomic E-state index is 5.90. The van der Waals surface area contributed by atoms with Crippen LogP contribution in [0.5, 0.6) is 0 Å². The molecule has 0 aromatic carbocycles. The molecule has 1 aliphatic heterocycles. The Hall–Kier alpha value is -1.09. The molecular weight excluding hydrogens is 210 g/mol. The molecule has 0 amide bonds. The molecule has 3 nitrogen and oxygen atoms in total. The van der Waals surface area contributed by atoms with Crippen LogP contribution in [0.2, 0.25) is 0 Å². The van der Waals surface area contributed by atoms with Crippen LogP contribution < -0.4 is 10.6 Å². The zero-order chi connectivity index (χ0) is 12.5. The SMILES string of the molecule is CC(N)Cc1cccnc1N1CCC(C)(C)C1. The summed E-state index contributed by atoms with van der Waals surface area (Å²) < 4.78 is 0. The van der Waals surface area contributed by atoms with Gasteiger partial charge in [-0.3, -0.25) is 0 Å². The summed E-state index contributed by atoms with van der Waals surface area (Å²) in [6, 6.07) is 4.34. The second kappa shape index (κ2) is 4.65. The molecular formula is C14H23N3. The van der Waals surface area contributed by atoms with E-state index in [2.05, 4.69) is 29.8 Å². The highest BCUT2D eigenvalue weighted by atomic mass is 15.2. The molecule has 1 fully saturated rings. The fourth-order valence-electron chi connectivity index (χ4n) is 2.51. The molecule has 17 heavy (non-hydrogen) atoms. The average molecular weight is 233 g/mol. The number of pyridine rings is 1. The predicted octanol–water partition coefficient (Wildman–Crippen LogP) is 2.21. The lowest BCUT2D eigenvalue weighted by molar-refractivity contribution is 0.418. The van der Waals surface area contributed by atoms with Crippen molar-refractivity contribution in [2.45, 2.75) is 39.7 Å². The predicted molar refractivity (Wildman–Crippen MR) is 72.2 cm³/mol. The molecule has 2 heterocycles. The number of aromatic nitrogens is 1. The molecule has 1 aromatic heterocycles. The van der Waals surface area contributed by atoms with Crippen LogP contribution in [0.4, 0.5) is 5.82 Å². The van der Waals surface area contributed by atoms with Crippen molar-refractivity contribution in [1.82, 2.24) is 4.98 Å². The van der Waals surface area contributed by atoms with E-state index in [0.717, 1.165) is 25.3 Å². The molecule has 0 bridgehead atoms. The van der Waals surface area contributed by atoms with Gasteiger partial charge in [0.15, 0.2) is 0 Å². The summed E-state index contributed by atoms with van der Waals surface area (Å²) in [5, 5.41) is 0. The molecule has 0 saturated carbocycles. The molecule has 1 aromatic rings. The Balaban J connectivity index is 2.21. The summed E-state index contributed by atoms with van der Waals surface area (Å²) in [6.07, 6.45) is 4.02. The first-order valence-corrected chi connectivity index (χ1v) is 6.42. The zero-order valence-electron chi connectivity index (χ0n) is 11.1. The number of hydrogen-bond acceptors (Lipinski definition) is 3. The monoisotopic (exact) mass is 233 g/mol. The van der Waals surface area contributed by atoms with Crippen molar-refractivity contribution in [3.63, 3.8) is 0 Å². The van der Waals surface area contributed by atoms with Gasteiger partial charge in [0.1, 0.15) is 5.82 Å². The molecule has 2 N–H and O–H groups in total. The maximum Gasteiger partial charge on any atom is 0.131 e. The van der Waals surface area contributed by atoms with Gasteiger partial charge in [-0.2, -0.15) is 0 Å². The summed E-state index contributed by atoms with van der Waals surface area (Å²) in [7, 11) is 0. The molecule has 0 radical (unpaired) electrons. The quantitative estimate of drug-likeness (QED) is 0.870. The van der Waals surface area contributed by atoms with E-state index >= 15 is 0 Å². The van der Waals surface area contributed by atoms with Crippen molar-refractivity contribution >= 4 is 5.82 Å². The molecule has 0 spiro atoms. The van der Waals surface area contributed by atoms with E-state index in [0.29, 0.717) is 5.41 Å². The van der Waals surface area contributed by atoms with Crippen molar-refractivity contribution in [3.8, 4) is 0 Å². The molecule has 1 unspecified atom stereocenters. The lowest BCUT2D eigenvalue weighted by Gasteiger charge is -2.23. The third kappa shape index (κ3) is 2.97. The van der Waals surface area contributed by atoms with Crippen LogP contribution in [0.1, 0.15) is 32.8 Å². The Morgan fingerprint density at radius 3 is 2.88 bits per heavy atom. The van der Waals surface area contributed by atoms with Crippen LogP contribution in [-0.2, 0) is 6.42 Å². The number of rotatable bonds is 3. The molecule has 1 atom stereocenters. The zero-order valence-corrected chi connectivity index (χ0v) is 11.1. The minimum absolute atomic E-state index is 0.188. The Bertz CT molecular complexity index is 385. The fraction of sp³-hybridized carbons (Fsp3) is 0.643. The van der Waals surface area contributed by atoms with Gasteiger partial charge in [0.05, 0.1) is 0 Å². The normalized spacial score (nSPS) is 20.6. The van der Waals surface area contributed by atoms with E-state index in [1.807, 2.05) is 19.2 Å². The smallest absolute Gasteiger partial charge is 0.131 e. The Morgan fingerprint density at radius 1 is 1.53 bits per heavy atom. The second-order valence-electron chi connectivity index (χ2n) is 6.00. The van der Waals surface area contributed by atoms with Crippen molar-refractivity contribution in [2.75, 3.05) is 18.0 Å². The van der Waals surface area contributed by atoms with E-state index in [1.165, 1.54) is 12.0 Å². The van der Waals surface area contributed by atoms with E-state index in [4.69, 9.17) is 5.73 Å². The van der Waals surface area contributed by atoms with Gasteiger partial charge >= 0.3 is 0 Å². The van der Waals surface area contributed by atoms with Crippen LogP contribution in [0.25, 0.3) is 0 Å². The summed E-state index contributed by atoms with van der Waals surface area (Å²) in [5.74, 6) is 1.13. The van der Waals surface area contributed by atoms with Crippen LogP contribution in [0.3, 0.4) is 0 Å². The second-order valence-corrected chi connectivity index (χ2v) is 6.00. The maximum absolute atomic E-state index is 5.90. The van der Waals surface area contributed by atoms with Crippen molar-refractivity contribution < 1.29 is 0 Å². The van der Waals surface area contributed by atoms with Gasteiger partial charge in [0.25, 0.3) is 0 Å². The Morgan fingerprint density at radius 2 is 2.29 bits per heavy atom. The van der Waals surface area contributed by atoms with Crippen molar-refractivity contribution in [2.24, 2.45) is 11.1 Å². The van der Waals surface area contributed by atoms with E-state index in [-0.39, 0.29) is 6.04 Å². The summed E-state index contributed by atoms with van der Waals surface area (Å²) in [4.78, 5) is 6.95. The first-order valence-electron chi connectivity index (χ1n) is 6.42. The Kier molecular flexibility index (Phi) is 3.38. The lowest BCUT2D eigenvalue weighted by atomic mass is 9.93. The van der Waals surface area contributed by atoms with Gasteiger partial charge in [-0.1, -0.05) is 19.9 Å². The summed E-state index contributed by atoms with van der Waals surface area (Å²) in [5.41, 5.74) is 7.58. The molecule has 1 aliphatic rings. The highest BCUT2D eigenvalue weighted by Crippen LogP contribution is 2.33. The van der Waals surface area contributed by atoms with Crippen LogP contribution in [0.15, 0.2) is 18.3 Å². The van der Waals surface area contributed by atoms with Gasteiger partial charge in [-0.25, -0.2) is 4.98 Å². The van der Waals surface area contributed by atoms with Gasteiger partial charge < -0.3 is 10.6 Å². The van der Waals surface area contributed by atoms with Gasteiger partial charge in [0.2, 0.25) is 0 Å². The van der Waals surface area contributed by atoms with Crippen LogP contribution in [0, 0.1) is 5.41 Å². The Labute approximate surface area is 104 Å². The molecule has 3 heteroatoms. The highest BCUT2D eigenvalue weighted by molar-refractivity contribution is 5.48. The first kappa shape index (κ1) is 12.4. The average Bonchev–Trinajstić information content (AvgIpc) is 2.59. The third-order valence-corrected chi connectivity index (χ3v) is 3.39. The number of anilines is 1. The van der Waals surface area contributed by atoms with Crippen LogP contribution in [-0.4, -0.2) is 24.1 Å². The summed E-state index contributed by atoms with van der Waals surface area (Å²) >= 11 is 0. The number of nitrogens with two attached hydrogens (primary N) is 1. The van der Waals surface area contributed by atoms with Gasteiger partial charge in [-0.05, 0) is 36.8 Å². The fourth-order valence-corrected chi connectivity index (χ4v) is 2.51. The largest absolute Gasteiger partial charge is 0.356 e. The van der Waals surface area contributed by atoms with E-state index < -0.39 is 0 Å². The minimum atomic E-state index is 0.188. The molecule has 94 valence electrons. The minimum Gasteiger partial charge on any atom is -0.356 e. The molecule has 1 saturated heterocycles. The number of hydrogen-bond donors (Lipinski definition) is 1.